The van der Waals surface area contributed by atoms with Crippen molar-refractivity contribution in [1.29, 1.82) is 0 Å². The lowest BCUT2D eigenvalue weighted by Crippen LogP contribution is -2.25. The summed E-state index contributed by atoms with van der Waals surface area (Å²) in [5.74, 6) is -3.96. The molecule has 20 rings (SSSR count). The van der Waals surface area contributed by atoms with Gasteiger partial charge < -0.3 is 72.1 Å². The molecule has 5 N–H and O–H groups in total. The highest BCUT2D eigenvalue weighted by atomic mass is 32.1. The van der Waals surface area contributed by atoms with Crippen molar-refractivity contribution in [2.75, 3.05) is 59.7 Å². The molecule has 33 heteroatoms. The average molecular weight is 2050 g/mol. The van der Waals surface area contributed by atoms with Crippen LogP contribution in [0.2, 0.25) is 0 Å². The van der Waals surface area contributed by atoms with Crippen molar-refractivity contribution in [3.05, 3.63) is 461 Å². The second-order valence-electron chi connectivity index (χ2n) is 32.6. The third-order valence-corrected chi connectivity index (χ3v) is 28.6. The zero-order valence-electron chi connectivity index (χ0n) is 77.7. The number of anilines is 5. The van der Waals surface area contributed by atoms with Crippen LogP contribution in [0, 0.1) is 17.5 Å². The summed E-state index contributed by atoms with van der Waals surface area (Å²) in [5, 5.41) is 52.0. The normalized spacial score (nSPS) is 10.9. The Morgan fingerprint density at radius 1 is 0.240 bits per heavy atom. The number of halogens is 3. The van der Waals surface area contributed by atoms with Gasteiger partial charge in [0.2, 0.25) is 0 Å². The van der Waals surface area contributed by atoms with Crippen molar-refractivity contribution in [2.24, 2.45) is 0 Å². The summed E-state index contributed by atoms with van der Waals surface area (Å²) in [5.41, 5.74) is 7.80. The number of thiophene rings is 5. The molecule has 0 saturated carbocycles. The Balaban J connectivity index is 0.000000131. The van der Waals surface area contributed by atoms with Gasteiger partial charge in [-0.1, -0.05) is 185 Å². The number of aliphatic hydroxyl groups excluding tert-OH is 5. The van der Waals surface area contributed by atoms with Gasteiger partial charge in [-0.15, -0.1) is 56.7 Å². The van der Waals surface area contributed by atoms with Gasteiger partial charge in [-0.05, 0) is 177 Å². The summed E-state index contributed by atoms with van der Waals surface area (Å²) >= 11 is 6.32. The molecule has 10 heterocycles. The van der Waals surface area contributed by atoms with E-state index in [-0.39, 0.29) is 104 Å². The molecule has 5 amide bonds. The van der Waals surface area contributed by atoms with E-state index >= 15 is 0 Å². The van der Waals surface area contributed by atoms with E-state index in [1.807, 2.05) is 103 Å². The zero-order valence-corrected chi connectivity index (χ0v) is 81.8. The Kier molecular flexibility index (Phi) is 29.8. The first-order valence-electron chi connectivity index (χ1n) is 43.8. The van der Waals surface area contributed by atoms with E-state index in [2.05, 4.69) is 32.9 Å². The summed E-state index contributed by atoms with van der Waals surface area (Å²) in [7, 11) is 8.21. The van der Waals surface area contributed by atoms with Crippen LogP contribution in [0.5, 0.6) is 0 Å². The van der Waals surface area contributed by atoms with Gasteiger partial charge in [0.05, 0.1) is 23.5 Å². The number of fused-ring (bicyclic) bond motifs is 6. The summed E-state index contributed by atoms with van der Waals surface area (Å²) in [6, 6.07) is 85.8. The van der Waals surface area contributed by atoms with Gasteiger partial charge in [-0.25, -0.2) is 37.1 Å². The van der Waals surface area contributed by atoms with Crippen LogP contribution in [0.25, 0.3) is 135 Å². The van der Waals surface area contributed by atoms with Crippen LogP contribution in [-0.4, -0.2) is 90.3 Å². The largest absolute Gasteiger partial charge is 0.508 e. The molecule has 0 saturated heterocycles. The molecule has 0 aliphatic carbocycles. The molecule has 146 heavy (non-hydrogen) atoms. The van der Waals surface area contributed by atoms with E-state index in [0.29, 0.717) is 115 Å². The Morgan fingerprint density at radius 3 is 0.842 bits per heavy atom. The predicted molar refractivity (Wildman–Crippen MR) is 575 cm³/mol. The Bertz CT molecular complexity index is 8950. The monoisotopic (exact) mass is 2040 g/mol. The predicted octanol–water partition coefficient (Wildman–Crippen LogP) is 26.5. The molecule has 25 nitrogen and oxygen atoms in total. The quantitative estimate of drug-likeness (QED) is 0.0469. The smallest absolute Gasteiger partial charge is 0.347 e. The van der Waals surface area contributed by atoms with Crippen LogP contribution in [0.4, 0.5) is 38.2 Å². The molecule has 0 atom stereocenters. The number of amides is 5. The molecule has 0 bridgehead atoms. The summed E-state index contributed by atoms with van der Waals surface area (Å²) in [4.78, 5) is 132. The molecule has 0 aliphatic heterocycles. The third kappa shape index (κ3) is 22.3. The fourth-order valence-corrected chi connectivity index (χ4v) is 20.0. The van der Waals surface area contributed by atoms with E-state index in [1.165, 1.54) is 148 Å². The van der Waals surface area contributed by atoms with E-state index < -0.39 is 28.1 Å². The van der Waals surface area contributed by atoms with Gasteiger partial charge in [0.15, 0.2) is 27.9 Å². The van der Waals surface area contributed by atoms with Gasteiger partial charge >= 0.3 is 28.1 Å². The first kappa shape index (κ1) is 101. The molecule has 0 unspecified atom stereocenters. The first-order valence-corrected chi connectivity index (χ1v) is 47.9. The topological polar surface area (TPSA) is 354 Å². The van der Waals surface area contributed by atoms with Gasteiger partial charge in [0.25, 0.3) is 29.5 Å². The molecule has 10 aromatic carbocycles. The maximum absolute atomic E-state index is 13.3. The Morgan fingerprint density at radius 2 is 0.493 bits per heavy atom. The molecular weight excluding hydrogens is 1960 g/mol. The number of carbonyl (C=O) groups is 5. The first-order chi connectivity index (χ1) is 69.9. The molecule has 0 aliphatic rings. The van der Waals surface area contributed by atoms with Gasteiger partial charge in [-0.3, -0.25) is 24.0 Å². The maximum Gasteiger partial charge on any atom is 0.347 e. The fraction of sp³-hybridized carbons (Fsp3) is 0.0442. The SMILES string of the molecule is C=C(O)c1cc2sc(N(C)C(=O)c3ccc(-c4ccccc4)cc3)cc2oc1=O.C=C(O)c1cc2sc(N(C)C(=O)c3ccc4cc(F)ccc4c3)cc2oc1=O.C=C(O)c1cc2sc(N(C)C(=O)c3cccc(-c4ccc(F)cc4)c3)cc2oc1=O.C=C(O)c1cc2sc(N(C)C(=O)c3cccc(-c4ccccc4)c3)cc2oc1=O.C=C(O)c1cc2sc(N(C)C(=O)c3ccccc3-c3ccc(F)cc3)cc2oc1=O. The standard InChI is InChI=1S/2C23H16FNO4S.2C23H17NO4S.C21H14FNO4S/c1-13(26)18-11-20-19(29-23(18)28)12-21(30-20)25(2)22(27)16-5-3-4-15(10-16)14-6-8-17(24)9-7-14;1-13(26)18-11-20-19(29-23(18)28)12-21(30-20)25(2)22(27)17-6-4-3-5-16(17)14-7-9-15(24)10-8-14;1-14(25)18-12-20-19(28-23(18)27)13-21(29-20)24(2)22(26)17-10-6-9-16(11-17)15-7-4-3-5-8-15;1-14(25)18-12-20-19(28-23(18)27)13-21(29-20)24(2)22(26)17-10-8-16(9-11-17)15-6-4-3-5-7-15;1-11(24)16-9-18-17(27-21(16)26)10-19(28-18)23(2)20(25)14-4-3-13-8-15(22)6-5-12(13)7-14/h2*3-12,26H,1H2,2H3;2*3-13,25H,1H2,2H3;3-10,24H,1H2,2H3. The van der Waals surface area contributed by atoms with Crippen LogP contribution in [0.1, 0.15) is 79.6 Å². The number of carbonyl (C=O) groups excluding carboxylic acids is 5. The minimum Gasteiger partial charge on any atom is -0.508 e. The van der Waals surface area contributed by atoms with Crippen molar-refractivity contribution < 1.29 is 84.8 Å². The number of nitrogens with zero attached hydrogens (tertiary/aromatic N) is 5. The summed E-state index contributed by atoms with van der Waals surface area (Å²) in [6.07, 6.45) is 0. The van der Waals surface area contributed by atoms with E-state index in [9.17, 15) is 86.6 Å². The number of hydrogen-bond donors (Lipinski definition) is 5. The number of aliphatic hydroxyl groups is 5. The van der Waals surface area contributed by atoms with Crippen LogP contribution in [-0.2, 0) is 0 Å². The van der Waals surface area contributed by atoms with Crippen molar-refractivity contribution in [3.8, 4) is 44.5 Å². The zero-order chi connectivity index (χ0) is 104. The van der Waals surface area contributed by atoms with E-state index in [0.717, 1.165) is 44.3 Å². The minimum absolute atomic E-state index is 0.00967. The molecule has 728 valence electrons. The van der Waals surface area contributed by atoms with Crippen molar-refractivity contribution in [2.45, 2.75) is 0 Å². The summed E-state index contributed by atoms with van der Waals surface area (Å²) in [6.45, 7) is 16.8. The molecule has 20 aromatic rings. The van der Waals surface area contributed by atoms with Crippen LogP contribution >= 0.6 is 56.7 Å². The summed E-state index contributed by atoms with van der Waals surface area (Å²) < 4.78 is 69.0. The Labute approximate surface area is 846 Å². The van der Waals surface area contributed by atoms with E-state index in [4.69, 9.17) is 22.1 Å². The maximum atomic E-state index is 13.3. The lowest BCUT2D eigenvalue weighted by atomic mass is 9.99. The van der Waals surface area contributed by atoms with Gasteiger partial charge in [0, 0.05) is 93.4 Å². The van der Waals surface area contributed by atoms with Crippen LogP contribution in [0.3, 0.4) is 0 Å². The average Bonchev–Trinajstić information content (AvgIpc) is 1.67. The minimum atomic E-state index is -0.699. The van der Waals surface area contributed by atoms with Gasteiger partial charge in [-0.2, -0.15) is 0 Å². The molecular formula is C113H80F3N5O20S5. The number of rotatable bonds is 19. The number of benzene rings is 10. The fourth-order valence-electron chi connectivity index (χ4n) is 15.1. The lowest BCUT2D eigenvalue weighted by Gasteiger charge is -2.17. The molecule has 0 spiro atoms. The van der Waals surface area contributed by atoms with Crippen molar-refractivity contribution in [1.82, 2.24) is 0 Å². The van der Waals surface area contributed by atoms with Gasteiger partial charge in [0.1, 0.15) is 99.1 Å². The molecule has 0 fully saturated rings. The molecule has 0 radical (unpaired) electrons. The second-order valence-corrected chi connectivity index (χ2v) is 37.9. The molecule has 10 aromatic heterocycles. The number of hydrogen-bond acceptors (Lipinski definition) is 25. The van der Waals surface area contributed by atoms with Crippen molar-refractivity contribution >= 4 is 202 Å². The third-order valence-electron chi connectivity index (χ3n) is 22.9. The highest BCUT2D eigenvalue weighted by Gasteiger charge is 2.27. The lowest BCUT2D eigenvalue weighted by molar-refractivity contribution is 0.0986. The second kappa shape index (κ2) is 43.1. The van der Waals surface area contributed by atoms with Crippen molar-refractivity contribution in [3.63, 3.8) is 0 Å². The Hall–Kier alpha value is -18.2. The van der Waals surface area contributed by atoms with Crippen LogP contribution in [0.15, 0.2) is 382 Å². The highest BCUT2D eigenvalue weighted by molar-refractivity contribution is 7.24. The van der Waals surface area contributed by atoms with Crippen LogP contribution < -0.4 is 52.6 Å². The highest BCUT2D eigenvalue weighted by Crippen LogP contribution is 2.41. The van der Waals surface area contributed by atoms with E-state index in [1.54, 1.807) is 169 Å².